The van der Waals surface area contributed by atoms with Crippen molar-refractivity contribution in [3.8, 4) is 0 Å². The predicted octanol–water partition coefficient (Wildman–Crippen LogP) is 4.01. The van der Waals surface area contributed by atoms with Gasteiger partial charge in [0.25, 0.3) is 5.91 Å². The molecule has 1 fully saturated rings. The molecular weight excluding hydrogens is 348 g/mol. The third kappa shape index (κ3) is 4.61. The Bertz CT molecular complexity index is 816. The molecule has 1 heterocycles. The summed E-state index contributed by atoms with van der Waals surface area (Å²) < 4.78 is 0. The normalized spacial score (nSPS) is 19.1. The molecular formula is C24H30N2O2. The highest BCUT2D eigenvalue weighted by Gasteiger charge is 2.40. The number of carbonyl (C=O) groups is 2. The Hall–Kier alpha value is -2.62. The first kappa shape index (κ1) is 20.1. The van der Waals surface area contributed by atoms with Crippen LogP contribution in [0.25, 0.3) is 0 Å². The number of amides is 2. The van der Waals surface area contributed by atoms with Crippen molar-refractivity contribution in [2.45, 2.75) is 33.1 Å². The van der Waals surface area contributed by atoms with Gasteiger partial charge in [-0.15, -0.1) is 0 Å². The maximum absolute atomic E-state index is 13.0. The van der Waals surface area contributed by atoms with E-state index in [0.29, 0.717) is 31.1 Å². The molecule has 1 N–H and O–H groups in total. The van der Waals surface area contributed by atoms with E-state index in [-0.39, 0.29) is 23.7 Å². The van der Waals surface area contributed by atoms with Crippen molar-refractivity contribution in [1.82, 2.24) is 10.2 Å². The van der Waals surface area contributed by atoms with E-state index in [0.717, 1.165) is 12.0 Å². The summed E-state index contributed by atoms with van der Waals surface area (Å²) in [4.78, 5) is 27.8. The first-order valence-corrected chi connectivity index (χ1v) is 10.1. The Morgan fingerprint density at radius 1 is 1.04 bits per heavy atom. The van der Waals surface area contributed by atoms with Crippen LogP contribution in [0.1, 0.15) is 47.7 Å². The molecule has 1 aliphatic heterocycles. The minimum atomic E-state index is -0.221. The van der Waals surface area contributed by atoms with Crippen LogP contribution in [0.4, 0.5) is 0 Å². The van der Waals surface area contributed by atoms with Crippen LogP contribution in [-0.4, -0.2) is 36.3 Å². The molecule has 0 aliphatic carbocycles. The summed E-state index contributed by atoms with van der Waals surface area (Å²) in [6.07, 6.45) is 0.958. The number of hydrogen-bond acceptors (Lipinski definition) is 2. The Kier molecular flexibility index (Phi) is 6.50. The zero-order valence-electron chi connectivity index (χ0n) is 17.0. The van der Waals surface area contributed by atoms with Gasteiger partial charge in [-0.25, -0.2) is 0 Å². The second-order valence-electron chi connectivity index (χ2n) is 8.12. The largest absolute Gasteiger partial charge is 0.356 e. The lowest BCUT2D eigenvalue weighted by Crippen LogP contribution is -2.36. The van der Waals surface area contributed by atoms with Crippen molar-refractivity contribution >= 4 is 11.8 Å². The lowest BCUT2D eigenvalue weighted by Gasteiger charge is -2.20. The van der Waals surface area contributed by atoms with E-state index in [9.17, 15) is 9.59 Å². The first-order chi connectivity index (χ1) is 13.5. The summed E-state index contributed by atoms with van der Waals surface area (Å²) in [5.41, 5.74) is 3.00. The molecule has 1 saturated heterocycles. The van der Waals surface area contributed by atoms with Gasteiger partial charge in [0.15, 0.2) is 0 Å². The molecule has 2 aromatic rings. The topological polar surface area (TPSA) is 49.4 Å². The lowest BCUT2D eigenvalue weighted by atomic mass is 9.86. The van der Waals surface area contributed by atoms with E-state index in [1.165, 1.54) is 5.56 Å². The van der Waals surface area contributed by atoms with Crippen LogP contribution in [0, 0.1) is 18.8 Å². The van der Waals surface area contributed by atoms with Crippen molar-refractivity contribution in [2.24, 2.45) is 11.8 Å². The Morgan fingerprint density at radius 3 is 2.39 bits per heavy atom. The molecule has 0 bridgehead atoms. The Balaban J connectivity index is 1.81. The third-order valence-corrected chi connectivity index (χ3v) is 5.57. The molecule has 1 aliphatic rings. The molecule has 0 aromatic heterocycles. The van der Waals surface area contributed by atoms with Crippen molar-refractivity contribution in [3.05, 3.63) is 71.3 Å². The van der Waals surface area contributed by atoms with Gasteiger partial charge < -0.3 is 10.2 Å². The second kappa shape index (κ2) is 9.05. The number of likely N-dealkylation sites (tertiary alicyclic amines) is 1. The van der Waals surface area contributed by atoms with Crippen molar-refractivity contribution in [2.75, 3.05) is 19.6 Å². The lowest BCUT2D eigenvalue weighted by molar-refractivity contribution is -0.124. The predicted molar refractivity (Wildman–Crippen MR) is 112 cm³/mol. The van der Waals surface area contributed by atoms with E-state index in [4.69, 9.17) is 0 Å². The zero-order valence-corrected chi connectivity index (χ0v) is 17.0. The molecule has 0 radical (unpaired) electrons. The Labute approximate surface area is 167 Å². The summed E-state index contributed by atoms with van der Waals surface area (Å²) in [6, 6.07) is 17.5. The molecule has 2 amide bonds. The maximum Gasteiger partial charge on any atom is 0.253 e. The molecule has 4 heteroatoms. The monoisotopic (exact) mass is 378 g/mol. The fraction of sp³-hybridized carbons (Fsp3) is 0.417. The van der Waals surface area contributed by atoms with Gasteiger partial charge in [0.05, 0.1) is 5.92 Å². The highest BCUT2D eigenvalue weighted by atomic mass is 16.2. The van der Waals surface area contributed by atoms with Crippen molar-refractivity contribution < 1.29 is 9.59 Å². The number of rotatable bonds is 6. The minimum absolute atomic E-state index is 0.00309. The fourth-order valence-electron chi connectivity index (χ4n) is 3.93. The van der Waals surface area contributed by atoms with Gasteiger partial charge >= 0.3 is 0 Å². The zero-order chi connectivity index (χ0) is 20.1. The van der Waals surface area contributed by atoms with Crippen LogP contribution >= 0.6 is 0 Å². The number of benzene rings is 2. The van der Waals surface area contributed by atoms with Gasteiger partial charge in [-0.1, -0.05) is 56.3 Å². The number of nitrogens with one attached hydrogen (secondary N) is 1. The van der Waals surface area contributed by atoms with Crippen molar-refractivity contribution in [1.29, 1.82) is 0 Å². The second-order valence-corrected chi connectivity index (χ2v) is 8.12. The molecule has 148 valence electrons. The maximum atomic E-state index is 13.0. The average molecular weight is 379 g/mol. The van der Waals surface area contributed by atoms with E-state index in [2.05, 4.69) is 38.2 Å². The number of aryl methyl sites for hydroxylation is 1. The highest BCUT2D eigenvalue weighted by Crippen LogP contribution is 2.35. The minimum Gasteiger partial charge on any atom is -0.356 e. The number of nitrogens with zero attached hydrogens (tertiary/aromatic N) is 1. The molecule has 2 atom stereocenters. The molecule has 0 saturated carbocycles. The van der Waals surface area contributed by atoms with Crippen molar-refractivity contribution in [3.63, 3.8) is 0 Å². The molecule has 0 spiro atoms. The smallest absolute Gasteiger partial charge is 0.253 e. The summed E-state index contributed by atoms with van der Waals surface area (Å²) in [7, 11) is 0. The summed E-state index contributed by atoms with van der Waals surface area (Å²) >= 11 is 0. The average Bonchev–Trinajstić information content (AvgIpc) is 3.13. The molecule has 2 unspecified atom stereocenters. The summed E-state index contributed by atoms with van der Waals surface area (Å²) in [6.45, 7) is 8.09. The number of carbonyl (C=O) groups excluding carboxylic acids is 2. The van der Waals surface area contributed by atoms with Gasteiger partial charge in [-0.2, -0.15) is 0 Å². The quantitative estimate of drug-likeness (QED) is 0.826. The highest BCUT2D eigenvalue weighted by molar-refractivity contribution is 5.95. The van der Waals surface area contributed by atoms with Crippen LogP contribution in [0.15, 0.2) is 54.6 Å². The van der Waals surface area contributed by atoms with E-state index in [1.807, 2.05) is 47.4 Å². The van der Waals surface area contributed by atoms with E-state index >= 15 is 0 Å². The van der Waals surface area contributed by atoms with E-state index in [1.54, 1.807) is 0 Å². The van der Waals surface area contributed by atoms with Gasteiger partial charge in [0.1, 0.15) is 0 Å². The standard InChI is InChI=1S/C24H30N2O2/c1-17(2)13-14-25-23(27)22-16-26(24(28)19-10-5-4-6-11-19)15-21(22)20-12-8-7-9-18(20)3/h4-12,17,21-22H,13-16H2,1-3H3,(H,25,27). The van der Waals surface area contributed by atoms with Crippen LogP contribution < -0.4 is 5.32 Å². The SMILES string of the molecule is Cc1ccccc1C1CN(C(=O)c2ccccc2)CC1C(=O)NCCC(C)C. The van der Waals surface area contributed by atoms with E-state index < -0.39 is 0 Å². The Morgan fingerprint density at radius 2 is 1.71 bits per heavy atom. The van der Waals surface area contributed by atoms with Gasteiger partial charge in [-0.05, 0) is 42.5 Å². The van der Waals surface area contributed by atoms with Gasteiger partial charge in [0.2, 0.25) is 5.91 Å². The fourth-order valence-corrected chi connectivity index (χ4v) is 3.93. The third-order valence-electron chi connectivity index (χ3n) is 5.57. The van der Waals surface area contributed by atoms with Crippen LogP contribution in [-0.2, 0) is 4.79 Å². The summed E-state index contributed by atoms with van der Waals surface area (Å²) in [5, 5.41) is 3.10. The van der Waals surface area contributed by atoms with Crippen LogP contribution in [0.2, 0.25) is 0 Å². The summed E-state index contributed by atoms with van der Waals surface area (Å²) in [5.74, 6) is 0.398. The van der Waals surface area contributed by atoms with Crippen LogP contribution in [0.5, 0.6) is 0 Å². The number of hydrogen-bond donors (Lipinski definition) is 1. The first-order valence-electron chi connectivity index (χ1n) is 10.1. The molecule has 4 nitrogen and oxygen atoms in total. The van der Waals surface area contributed by atoms with Crippen LogP contribution in [0.3, 0.4) is 0 Å². The molecule has 28 heavy (non-hydrogen) atoms. The molecule has 2 aromatic carbocycles. The molecule has 3 rings (SSSR count). The van der Waals surface area contributed by atoms with Gasteiger partial charge in [-0.3, -0.25) is 9.59 Å². The van der Waals surface area contributed by atoms with Gasteiger partial charge in [0, 0.05) is 31.1 Å².